The summed E-state index contributed by atoms with van der Waals surface area (Å²) in [5, 5.41) is 3.22. The summed E-state index contributed by atoms with van der Waals surface area (Å²) in [6.07, 6.45) is 0. The molecule has 0 atom stereocenters. The van der Waals surface area contributed by atoms with Gasteiger partial charge in [-0.25, -0.2) is 4.39 Å². The molecule has 21 heavy (non-hydrogen) atoms. The fourth-order valence-corrected chi connectivity index (χ4v) is 2.27. The molecule has 2 aromatic rings. The Labute approximate surface area is 132 Å². The van der Waals surface area contributed by atoms with Crippen LogP contribution in [0.1, 0.15) is 15.9 Å². The van der Waals surface area contributed by atoms with Gasteiger partial charge in [0.1, 0.15) is 11.6 Å². The Morgan fingerprint density at radius 2 is 2.14 bits per heavy atom. The lowest BCUT2D eigenvalue weighted by atomic mass is 10.1. The molecule has 1 amide bonds. The van der Waals surface area contributed by atoms with Crippen molar-refractivity contribution in [3.8, 4) is 5.75 Å². The number of halogens is 2. The van der Waals surface area contributed by atoms with Crippen LogP contribution < -0.4 is 10.1 Å². The van der Waals surface area contributed by atoms with Gasteiger partial charge in [-0.1, -0.05) is 17.7 Å². The summed E-state index contributed by atoms with van der Waals surface area (Å²) in [6, 6.07) is 9.21. The van der Waals surface area contributed by atoms with Crippen LogP contribution in [-0.2, 0) is 6.54 Å². The monoisotopic (exact) mass is 325 g/mol. The van der Waals surface area contributed by atoms with Gasteiger partial charge in [0, 0.05) is 27.6 Å². The van der Waals surface area contributed by atoms with Crippen LogP contribution in [0.2, 0.25) is 5.02 Å². The number of benzene rings is 2. The molecule has 0 aliphatic rings. The first-order chi connectivity index (χ1) is 10.0. The average Bonchev–Trinajstić information content (AvgIpc) is 2.48. The van der Waals surface area contributed by atoms with Crippen LogP contribution in [0.3, 0.4) is 0 Å². The Hall–Kier alpha value is -1.72. The highest BCUT2D eigenvalue weighted by atomic mass is 35.5. The van der Waals surface area contributed by atoms with Crippen molar-refractivity contribution in [2.24, 2.45) is 0 Å². The van der Waals surface area contributed by atoms with Gasteiger partial charge in [-0.2, -0.15) is 0 Å². The molecule has 0 saturated heterocycles. The Morgan fingerprint density at radius 3 is 2.81 bits per heavy atom. The van der Waals surface area contributed by atoms with Crippen molar-refractivity contribution >= 4 is 30.1 Å². The molecule has 0 saturated carbocycles. The summed E-state index contributed by atoms with van der Waals surface area (Å²) in [6.45, 7) is 0.209. The van der Waals surface area contributed by atoms with Gasteiger partial charge in [0.05, 0.1) is 7.11 Å². The number of hydrogen-bond donors (Lipinski definition) is 2. The number of hydrogen-bond acceptors (Lipinski definition) is 3. The van der Waals surface area contributed by atoms with Crippen LogP contribution in [0.5, 0.6) is 5.75 Å². The molecule has 3 nitrogen and oxygen atoms in total. The fraction of sp³-hybridized carbons (Fsp3) is 0.133. The quantitative estimate of drug-likeness (QED) is 0.841. The van der Waals surface area contributed by atoms with E-state index in [1.54, 1.807) is 18.2 Å². The fourth-order valence-electron chi connectivity index (χ4n) is 1.83. The van der Waals surface area contributed by atoms with E-state index in [4.69, 9.17) is 16.3 Å². The van der Waals surface area contributed by atoms with E-state index >= 15 is 0 Å². The lowest BCUT2D eigenvalue weighted by molar-refractivity contribution is 0.0950. The lowest BCUT2D eigenvalue weighted by Gasteiger charge is -2.11. The minimum absolute atomic E-state index is 0.123. The Bertz CT molecular complexity index is 679. The Morgan fingerprint density at radius 1 is 1.38 bits per heavy atom. The largest absolute Gasteiger partial charge is 0.496 e. The summed E-state index contributed by atoms with van der Waals surface area (Å²) >= 11 is 10.0. The molecule has 2 rings (SSSR count). The maximum absolute atomic E-state index is 13.1. The molecule has 0 unspecified atom stereocenters. The zero-order valence-corrected chi connectivity index (χ0v) is 12.8. The number of nitrogens with one attached hydrogen (secondary N) is 1. The number of thiol groups is 1. The minimum Gasteiger partial charge on any atom is -0.496 e. The van der Waals surface area contributed by atoms with Gasteiger partial charge in [-0.3, -0.25) is 4.79 Å². The number of ether oxygens (including phenoxy) is 1. The Balaban J connectivity index is 2.13. The summed E-state index contributed by atoms with van der Waals surface area (Å²) in [5.74, 6) is -0.216. The van der Waals surface area contributed by atoms with Crippen molar-refractivity contribution < 1.29 is 13.9 Å². The van der Waals surface area contributed by atoms with Gasteiger partial charge in [0.2, 0.25) is 0 Å². The molecule has 0 radical (unpaired) electrons. The van der Waals surface area contributed by atoms with E-state index in [-0.39, 0.29) is 17.3 Å². The third-order valence-corrected chi connectivity index (χ3v) is 3.63. The molecule has 110 valence electrons. The van der Waals surface area contributed by atoms with E-state index in [1.165, 1.54) is 25.3 Å². The second-order valence-electron chi connectivity index (χ2n) is 4.27. The van der Waals surface area contributed by atoms with Gasteiger partial charge < -0.3 is 10.1 Å². The molecule has 0 aliphatic heterocycles. The van der Waals surface area contributed by atoms with Gasteiger partial charge in [0.25, 0.3) is 5.91 Å². The number of carbonyl (C=O) groups excluding carboxylic acids is 1. The molecule has 1 N–H and O–H groups in total. The van der Waals surface area contributed by atoms with Crippen LogP contribution >= 0.6 is 24.2 Å². The molecular formula is C15H13ClFNO2S. The van der Waals surface area contributed by atoms with Crippen molar-refractivity contribution in [2.75, 3.05) is 7.11 Å². The van der Waals surface area contributed by atoms with Crippen LogP contribution in [0.4, 0.5) is 4.39 Å². The summed E-state index contributed by atoms with van der Waals surface area (Å²) < 4.78 is 18.3. The maximum Gasteiger partial charge on any atom is 0.251 e. The van der Waals surface area contributed by atoms with E-state index < -0.39 is 5.82 Å². The van der Waals surface area contributed by atoms with Gasteiger partial charge in [-0.05, 0) is 30.3 Å². The summed E-state index contributed by atoms with van der Waals surface area (Å²) in [4.78, 5) is 12.2. The molecule has 0 bridgehead atoms. The van der Waals surface area contributed by atoms with Crippen LogP contribution in [-0.4, -0.2) is 13.0 Å². The zero-order valence-electron chi connectivity index (χ0n) is 11.2. The van der Waals surface area contributed by atoms with Crippen molar-refractivity contribution in [1.29, 1.82) is 0 Å². The molecule has 6 heteroatoms. The normalized spacial score (nSPS) is 10.3. The number of amides is 1. The van der Waals surface area contributed by atoms with Gasteiger partial charge in [-0.15, -0.1) is 12.6 Å². The Kier molecular flexibility index (Phi) is 5.09. The lowest BCUT2D eigenvalue weighted by Crippen LogP contribution is -2.23. The summed E-state index contributed by atoms with van der Waals surface area (Å²) in [7, 11) is 1.53. The highest BCUT2D eigenvalue weighted by molar-refractivity contribution is 7.80. The van der Waals surface area contributed by atoms with Crippen molar-refractivity contribution in [1.82, 2.24) is 5.32 Å². The SMILES string of the molecule is COc1cccc(Cl)c1CNC(=O)c1ccc(F)c(S)c1. The standard InChI is InChI=1S/C15H13ClFNO2S/c1-20-13-4-2-3-11(16)10(13)8-18-15(19)9-5-6-12(17)14(21)7-9/h2-7,21H,8H2,1H3,(H,18,19). The van der Waals surface area contributed by atoms with Crippen LogP contribution in [0, 0.1) is 5.82 Å². The molecular weight excluding hydrogens is 313 g/mol. The molecule has 0 aliphatic carbocycles. The third-order valence-electron chi connectivity index (χ3n) is 2.93. The van der Waals surface area contributed by atoms with Gasteiger partial charge in [0.15, 0.2) is 0 Å². The second-order valence-corrected chi connectivity index (χ2v) is 5.16. The molecule has 0 aromatic heterocycles. The minimum atomic E-state index is -0.470. The van der Waals surface area contributed by atoms with Crippen molar-refractivity contribution in [2.45, 2.75) is 11.4 Å². The van der Waals surface area contributed by atoms with Crippen LogP contribution in [0.15, 0.2) is 41.3 Å². The molecule has 0 fully saturated rings. The highest BCUT2D eigenvalue weighted by Gasteiger charge is 2.11. The van der Waals surface area contributed by atoms with Crippen molar-refractivity contribution in [3.05, 3.63) is 58.4 Å². The van der Waals surface area contributed by atoms with E-state index in [0.717, 1.165) is 0 Å². The zero-order chi connectivity index (χ0) is 15.4. The highest BCUT2D eigenvalue weighted by Crippen LogP contribution is 2.26. The van der Waals surface area contributed by atoms with E-state index in [9.17, 15) is 9.18 Å². The molecule has 0 heterocycles. The van der Waals surface area contributed by atoms with Crippen LogP contribution in [0.25, 0.3) is 0 Å². The second kappa shape index (κ2) is 6.83. The number of rotatable bonds is 4. The number of methoxy groups -OCH3 is 1. The predicted octanol–water partition coefficient (Wildman–Crippen LogP) is 3.71. The van der Waals surface area contributed by atoms with E-state index in [1.807, 2.05) is 0 Å². The maximum atomic E-state index is 13.1. The first kappa shape index (κ1) is 15.7. The van der Waals surface area contributed by atoms with E-state index in [2.05, 4.69) is 17.9 Å². The third kappa shape index (κ3) is 3.68. The molecule has 0 spiro atoms. The average molecular weight is 326 g/mol. The number of carbonyl (C=O) groups is 1. The van der Waals surface area contributed by atoms with Gasteiger partial charge >= 0.3 is 0 Å². The molecule has 2 aromatic carbocycles. The predicted molar refractivity (Wildman–Crippen MR) is 82.8 cm³/mol. The topological polar surface area (TPSA) is 38.3 Å². The first-order valence-electron chi connectivity index (χ1n) is 6.11. The van der Waals surface area contributed by atoms with Crippen molar-refractivity contribution in [3.63, 3.8) is 0 Å². The van der Waals surface area contributed by atoms with E-state index in [0.29, 0.717) is 21.9 Å². The summed E-state index contributed by atoms with van der Waals surface area (Å²) in [5.41, 5.74) is 1.01. The first-order valence-corrected chi connectivity index (χ1v) is 6.93. The smallest absolute Gasteiger partial charge is 0.251 e.